The fraction of sp³-hybridized carbons (Fsp3) is 0. The Labute approximate surface area is 79.0 Å². The molecule has 62 valence electrons. The molecular formula is C8H8BrN3. The Kier molecular flexibility index (Phi) is 4.08. The van der Waals surface area contributed by atoms with Gasteiger partial charge in [0.05, 0.1) is 12.5 Å². The van der Waals surface area contributed by atoms with Crippen molar-refractivity contribution in [3.8, 4) is 0 Å². The lowest BCUT2D eigenvalue weighted by atomic mass is 10.5. The fourth-order valence-corrected chi connectivity index (χ4v) is 0.772. The third-order valence-electron chi connectivity index (χ3n) is 1.03. The number of pyridine rings is 1. The predicted molar refractivity (Wildman–Crippen MR) is 50.5 cm³/mol. The summed E-state index contributed by atoms with van der Waals surface area (Å²) >= 11 is 3.16. The van der Waals surface area contributed by atoms with E-state index in [4.69, 9.17) is 0 Å². The van der Waals surface area contributed by atoms with Crippen molar-refractivity contribution >= 4 is 15.9 Å². The topological polar surface area (TPSA) is 41.6 Å². The van der Waals surface area contributed by atoms with E-state index in [1.165, 1.54) is 0 Å². The van der Waals surface area contributed by atoms with Gasteiger partial charge in [-0.25, -0.2) is 4.98 Å². The van der Waals surface area contributed by atoms with Crippen molar-refractivity contribution < 1.29 is 0 Å². The van der Waals surface area contributed by atoms with Gasteiger partial charge in [0.1, 0.15) is 4.60 Å². The fourth-order valence-electron chi connectivity index (χ4n) is 0.552. The van der Waals surface area contributed by atoms with Crippen molar-refractivity contribution in [1.29, 1.82) is 0 Å². The zero-order valence-corrected chi connectivity index (χ0v) is 7.90. The second-order valence-electron chi connectivity index (χ2n) is 1.92. The van der Waals surface area contributed by atoms with E-state index in [9.17, 15) is 0 Å². The van der Waals surface area contributed by atoms with Crippen LogP contribution >= 0.6 is 15.9 Å². The van der Waals surface area contributed by atoms with Crippen molar-refractivity contribution in [2.45, 2.75) is 0 Å². The monoisotopic (exact) mass is 225 g/mol. The van der Waals surface area contributed by atoms with Crippen LogP contribution in [0.1, 0.15) is 0 Å². The molecule has 0 aliphatic carbocycles. The van der Waals surface area contributed by atoms with Gasteiger partial charge in [-0.1, -0.05) is 6.07 Å². The highest BCUT2D eigenvalue weighted by Crippen LogP contribution is 1.98. The average molecular weight is 226 g/mol. The van der Waals surface area contributed by atoms with Crippen LogP contribution in [0, 0.1) is 0 Å². The number of aromatic amines is 1. The summed E-state index contributed by atoms with van der Waals surface area (Å²) in [6.45, 7) is 0. The molecule has 12 heavy (non-hydrogen) atoms. The van der Waals surface area contributed by atoms with Crippen LogP contribution in [0.3, 0.4) is 0 Å². The van der Waals surface area contributed by atoms with Crippen molar-refractivity contribution in [3.63, 3.8) is 0 Å². The minimum Gasteiger partial charge on any atom is -0.339 e. The van der Waals surface area contributed by atoms with Gasteiger partial charge in [-0.3, -0.25) is 4.98 Å². The number of nitrogens with zero attached hydrogens (tertiary/aromatic N) is 2. The number of aromatic nitrogens is 3. The highest BCUT2D eigenvalue weighted by molar-refractivity contribution is 9.10. The number of imidazole rings is 1. The van der Waals surface area contributed by atoms with Gasteiger partial charge in [-0.05, 0) is 28.1 Å². The molecule has 0 bridgehead atoms. The smallest absolute Gasteiger partial charge is 0.102 e. The summed E-state index contributed by atoms with van der Waals surface area (Å²) < 4.78 is 0.919. The molecule has 3 nitrogen and oxygen atoms in total. The first-order chi connectivity index (χ1) is 5.89. The highest BCUT2D eigenvalue weighted by Gasteiger charge is 1.76. The molecule has 0 radical (unpaired) electrons. The molecule has 0 spiro atoms. The number of hydrogen-bond acceptors (Lipinski definition) is 2. The second-order valence-corrected chi connectivity index (χ2v) is 2.78. The van der Waals surface area contributed by atoms with Gasteiger partial charge in [-0.2, -0.15) is 0 Å². The molecule has 0 fully saturated rings. The van der Waals surface area contributed by atoms with Crippen molar-refractivity contribution in [2.24, 2.45) is 0 Å². The lowest BCUT2D eigenvalue weighted by Crippen LogP contribution is -1.58. The number of H-pyrrole nitrogens is 1. The van der Waals surface area contributed by atoms with Gasteiger partial charge >= 0.3 is 0 Å². The summed E-state index contributed by atoms with van der Waals surface area (Å²) in [7, 11) is 0. The number of nitrogens with one attached hydrogen (secondary N) is 1. The molecule has 2 aromatic rings. The van der Waals surface area contributed by atoms with E-state index in [0.29, 0.717) is 0 Å². The third-order valence-corrected chi connectivity index (χ3v) is 1.47. The summed E-state index contributed by atoms with van der Waals surface area (Å²) in [5, 5.41) is 0. The van der Waals surface area contributed by atoms with Crippen molar-refractivity contribution in [1.82, 2.24) is 15.0 Å². The summed E-state index contributed by atoms with van der Waals surface area (Å²) in [5.41, 5.74) is 0. The molecule has 0 saturated heterocycles. The zero-order valence-electron chi connectivity index (χ0n) is 6.31. The third kappa shape index (κ3) is 3.88. The first-order valence-corrected chi connectivity index (χ1v) is 4.18. The molecule has 0 aliphatic rings. The number of halogens is 1. The Hall–Kier alpha value is -1.16. The van der Waals surface area contributed by atoms with Crippen LogP contribution in [-0.4, -0.2) is 15.0 Å². The molecular weight excluding hydrogens is 218 g/mol. The Morgan fingerprint density at radius 1 is 1.08 bits per heavy atom. The first-order valence-electron chi connectivity index (χ1n) is 3.38. The summed E-state index contributed by atoms with van der Waals surface area (Å²) in [6, 6.07) is 5.72. The molecule has 4 heteroatoms. The van der Waals surface area contributed by atoms with E-state index >= 15 is 0 Å². The normalized spacial score (nSPS) is 8.42. The SMILES string of the molecule is Brc1cnc[nH]1.c1ccncc1. The summed E-state index contributed by atoms with van der Waals surface area (Å²) in [4.78, 5) is 10.3. The van der Waals surface area contributed by atoms with Crippen LogP contribution in [0.5, 0.6) is 0 Å². The maximum Gasteiger partial charge on any atom is 0.102 e. The first kappa shape index (κ1) is 8.93. The molecule has 0 aliphatic heterocycles. The van der Waals surface area contributed by atoms with Crippen LogP contribution in [0.2, 0.25) is 0 Å². The minimum atomic E-state index is 0.919. The van der Waals surface area contributed by atoms with E-state index in [2.05, 4.69) is 30.9 Å². The molecule has 0 amide bonds. The van der Waals surface area contributed by atoms with Crippen LogP contribution in [0.25, 0.3) is 0 Å². The Morgan fingerprint density at radius 3 is 2.00 bits per heavy atom. The van der Waals surface area contributed by atoms with Gasteiger partial charge in [-0.15, -0.1) is 0 Å². The van der Waals surface area contributed by atoms with Gasteiger partial charge in [0.25, 0.3) is 0 Å². The molecule has 2 rings (SSSR count). The van der Waals surface area contributed by atoms with Crippen LogP contribution in [0.15, 0.2) is 47.7 Å². The largest absolute Gasteiger partial charge is 0.339 e. The van der Waals surface area contributed by atoms with E-state index in [1.54, 1.807) is 24.9 Å². The van der Waals surface area contributed by atoms with Crippen molar-refractivity contribution in [2.75, 3.05) is 0 Å². The highest BCUT2D eigenvalue weighted by atomic mass is 79.9. The summed E-state index contributed by atoms with van der Waals surface area (Å²) in [5.74, 6) is 0. The average Bonchev–Trinajstić information content (AvgIpc) is 2.60. The number of hydrogen-bond donors (Lipinski definition) is 1. The van der Waals surface area contributed by atoms with Gasteiger partial charge in [0, 0.05) is 12.4 Å². The molecule has 0 aromatic carbocycles. The van der Waals surface area contributed by atoms with Crippen LogP contribution in [0.4, 0.5) is 0 Å². The minimum absolute atomic E-state index is 0.919. The van der Waals surface area contributed by atoms with Crippen molar-refractivity contribution in [3.05, 3.63) is 47.7 Å². The van der Waals surface area contributed by atoms with Crippen LogP contribution < -0.4 is 0 Å². The summed E-state index contributed by atoms with van der Waals surface area (Å²) in [6.07, 6.45) is 6.81. The molecule has 1 N–H and O–H groups in total. The quantitative estimate of drug-likeness (QED) is 0.748. The molecule has 0 saturated carbocycles. The molecule has 2 aromatic heterocycles. The van der Waals surface area contributed by atoms with Crippen LogP contribution in [-0.2, 0) is 0 Å². The standard InChI is InChI=1S/C5H5N.C3H3BrN2/c1-2-4-6-5-3-1;4-3-1-5-2-6-3/h1-5H;1-2H,(H,5,6). The maximum atomic E-state index is 3.78. The van der Waals surface area contributed by atoms with E-state index in [1.807, 2.05) is 18.2 Å². The Balaban J connectivity index is 0.000000120. The van der Waals surface area contributed by atoms with Gasteiger partial charge in [0.15, 0.2) is 0 Å². The van der Waals surface area contributed by atoms with E-state index in [-0.39, 0.29) is 0 Å². The molecule has 0 atom stereocenters. The number of rotatable bonds is 0. The van der Waals surface area contributed by atoms with Gasteiger partial charge in [0.2, 0.25) is 0 Å². The lowest BCUT2D eigenvalue weighted by molar-refractivity contribution is 1.30. The second kappa shape index (κ2) is 5.49. The Bertz CT molecular complexity index is 254. The lowest BCUT2D eigenvalue weighted by Gasteiger charge is -1.70. The maximum absolute atomic E-state index is 3.78. The van der Waals surface area contributed by atoms with E-state index in [0.717, 1.165) is 4.60 Å². The zero-order chi connectivity index (χ0) is 8.65. The van der Waals surface area contributed by atoms with E-state index < -0.39 is 0 Å². The molecule has 2 heterocycles. The molecule has 0 unspecified atom stereocenters. The predicted octanol–water partition coefficient (Wildman–Crippen LogP) is 2.25. The Morgan fingerprint density at radius 2 is 1.83 bits per heavy atom. The van der Waals surface area contributed by atoms with Gasteiger partial charge < -0.3 is 4.98 Å².